The highest BCUT2D eigenvalue weighted by Gasteiger charge is 2.28. The van der Waals surface area contributed by atoms with Crippen LogP contribution in [0.5, 0.6) is 0 Å². The van der Waals surface area contributed by atoms with Crippen molar-refractivity contribution in [2.45, 2.75) is 38.3 Å². The minimum atomic E-state index is -0.0462. The lowest BCUT2D eigenvalue weighted by molar-refractivity contribution is -0.0553. The molecule has 1 aromatic heterocycles. The van der Waals surface area contributed by atoms with Crippen molar-refractivity contribution in [2.75, 3.05) is 11.9 Å². The Balaban J connectivity index is 2.02. The van der Waals surface area contributed by atoms with Crippen LogP contribution in [0.2, 0.25) is 5.02 Å². The number of hydrogen-bond acceptors (Lipinski definition) is 3. The summed E-state index contributed by atoms with van der Waals surface area (Å²) in [7, 11) is 0. The number of pyridine rings is 1. The standard InChI is InChI=1S/C12H17ClN2O/c1-12(2)7-9(4-6-16-12)15-11-3-5-14-8-10(11)13/h3,5,8-9H,4,6-7H2,1-2H3,(H,14,15). The van der Waals surface area contributed by atoms with Crippen molar-refractivity contribution in [2.24, 2.45) is 0 Å². The molecule has 0 bridgehead atoms. The van der Waals surface area contributed by atoms with E-state index in [0.29, 0.717) is 11.1 Å². The molecule has 88 valence electrons. The van der Waals surface area contributed by atoms with E-state index in [1.165, 1.54) is 0 Å². The molecule has 16 heavy (non-hydrogen) atoms. The SMILES string of the molecule is CC1(C)CC(Nc2ccncc2Cl)CCO1. The molecule has 0 saturated carbocycles. The van der Waals surface area contributed by atoms with Crippen molar-refractivity contribution in [3.63, 3.8) is 0 Å². The van der Waals surface area contributed by atoms with E-state index in [4.69, 9.17) is 16.3 Å². The number of ether oxygens (including phenoxy) is 1. The molecule has 1 saturated heterocycles. The maximum absolute atomic E-state index is 6.06. The number of hydrogen-bond donors (Lipinski definition) is 1. The van der Waals surface area contributed by atoms with Crippen molar-refractivity contribution in [3.05, 3.63) is 23.5 Å². The van der Waals surface area contributed by atoms with Gasteiger partial charge in [-0.25, -0.2) is 0 Å². The molecule has 0 aromatic carbocycles. The summed E-state index contributed by atoms with van der Waals surface area (Å²) in [5.74, 6) is 0. The molecule has 1 aliphatic heterocycles. The Labute approximate surface area is 101 Å². The second-order valence-electron chi connectivity index (χ2n) is 4.80. The largest absolute Gasteiger partial charge is 0.381 e. The van der Waals surface area contributed by atoms with E-state index in [9.17, 15) is 0 Å². The number of nitrogens with one attached hydrogen (secondary N) is 1. The fourth-order valence-electron chi connectivity index (χ4n) is 2.07. The molecule has 0 spiro atoms. The lowest BCUT2D eigenvalue weighted by Gasteiger charge is -2.36. The topological polar surface area (TPSA) is 34.2 Å². The number of rotatable bonds is 2. The van der Waals surface area contributed by atoms with Crippen LogP contribution in [0.3, 0.4) is 0 Å². The molecular formula is C12H17ClN2O. The molecular weight excluding hydrogens is 224 g/mol. The number of aromatic nitrogens is 1. The summed E-state index contributed by atoms with van der Waals surface area (Å²) in [5, 5.41) is 4.13. The van der Waals surface area contributed by atoms with Crippen molar-refractivity contribution < 1.29 is 4.74 Å². The van der Waals surface area contributed by atoms with Gasteiger partial charge in [-0.2, -0.15) is 0 Å². The summed E-state index contributed by atoms with van der Waals surface area (Å²) in [4.78, 5) is 3.97. The molecule has 1 atom stereocenters. The monoisotopic (exact) mass is 240 g/mol. The average molecular weight is 241 g/mol. The Morgan fingerprint density at radius 2 is 2.38 bits per heavy atom. The summed E-state index contributed by atoms with van der Waals surface area (Å²) in [6.45, 7) is 5.04. The van der Waals surface area contributed by atoms with E-state index >= 15 is 0 Å². The van der Waals surface area contributed by atoms with E-state index < -0.39 is 0 Å². The van der Waals surface area contributed by atoms with E-state index in [-0.39, 0.29) is 5.60 Å². The Hall–Kier alpha value is -0.800. The minimum Gasteiger partial charge on any atom is -0.381 e. The zero-order valence-corrected chi connectivity index (χ0v) is 10.4. The van der Waals surface area contributed by atoms with Gasteiger partial charge in [-0.05, 0) is 32.8 Å². The van der Waals surface area contributed by atoms with Gasteiger partial charge in [0.2, 0.25) is 0 Å². The molecule has 3 nitrogen and oxygen atoms in total. The van der Waals surface area contributed by atoms with Gasteiger partial charge in [-0.15, -0.1) is 0 Å². The minimum absolute atomic E-state index is 0.0462. The molecule has 0 amide bonds. The Morgan fingerprint density at radius 1 is 1.56 bits per heavy atom. The van der Waals surface area contributed by atoms with E-state index in [2.05, 4.69) is 24.1 Å². The first-order valence-corrected chi connectivity index (χ1v) is 5.95. The number of anilines is 1. The van der Waals surface area contributed by atoms with Crippen LogP contribution < -0.4 is 5.32 Å². The molecule has 0 radical (unpaired) electrons. The summed E-state index contributed by atoms with van der Waals surface area (Å²) in [5.41, 5.74) is 0.912. The van der Waals surface area contributed by atoms with Crippen LogP contribution in [0, 0.1) is 0 Å². The summed E-state index contributed by atoms with van der Waals surface area (Å²) in [6.07, 6.45) is 5.42. The molecule has 1 N–H and O–H groups in total. The molecule has 1 aromatic rings. The Morgan fingerprint density at radius 3 is 3.06 bits per heavy atom. The zero-order valence-electron chi connectivity index (χ0n) is 9.66. The van der Waals surface area contributed by atoms with Gasteiger partial charge in [-0.3, -0.25) is 4.98 Å². The van der Waals surface area contributed by atoms with Crippen LogP contribution in [0.4, 0.5) is 5.69 Å². The zero-order chi connectivity index (χ0) is 11.6. The van der Waals surface area contributed by atoms with Crippen molar-refractivity contribution in [3.8, 4) is 0 Å². The normalized spacial score (nSPS) is 24.1. The van der Waals surface area contributed by atoms with Crippen LogP contribution in [0.15, 0.2) is 18.5 Å². The van der Waals surface area contributed by atoms with Gasteiger partial charge in [0.05, 0.1) is 16.3 Å². The number of halogens is 1. The van der Waals surface area contributed by atoms with Gasteiger partial charge in [-0.1, -0.05) is 11.6 Å². The van der Waals surface area contributed by atoms with E-state index in [1.807, 2.05) is 6.07 Å². The highest BCUT2D eigenvalue weighted by molar-refractivity contribution is 6.33. The third kappa shape index (κ3) is 2.86. The third-order valence-electron chi connectivity index (χ3n) is 2.83. The van der Waals surface area contributed by atoms with Gasteiger partial charge in [0.25, 0.3) is 0 Å². The average Bonchev–Trinajstić information content (AvgIpc) is 2.20. The fraction of sp³-hybridized carbons (Fsp3) is 0.583. The van der Waals surface area contributed by atoms with Crippen molar-refractivity contribution in [1.29, 1.82) is 0 Å². The molecule has 4 heteroatoms. The Kier molecular flexibility index (Phi) is 3.36. The number of nitrogens with zero attached hydrogens (tertiary/aromatic N) is 1. The van der Waals surface area contributed by atoms with E-state index in [0.717, 1.165) is 25.1 Å². The summed E-state index contributed by atoms with van der Waals surface area (Å²) < 4.78 is 5.68. The molecule has 2 rings (SSSR count). The quantitative estimate of drug-likeness (QED) is 0.863. The smallest absolute Gasteiger partial charge is 0.0820 e. The first-order chi connectivity index (χ1) is 7.57. The fourth-order valence-corrected chi connectivity index (χ4v) is 2.24. The highest BCUT2D eigenvalue weighted by atomic mass is 35.5. The second kappa shape index (κ2) is 4.60. The van der Waals surface area contributed by atoms with Gasteiger partial charge in [0.15, 0.2) is 0 Å². The lowest BCUT2D eigenvalue weighted by Crippen LogP contribution is -2.40. The van der Waals surface area contributed by atoms with Crippen LogP contribution in [-0.4, -0.2) is 23.2 Å². The first-order valence-electron chi connectivity index (χ1n) is 5.57. The summed E-state index contributed by atoms with van der Waals surface area (Å²) in [6, 6.07) is 2.33. The van der Waals surface area contributed by atoms with Crippen LogP contribution in [-0.2, 0) is 4.74 Å². The predicted octanol–water partition coefficient (Wildman–Crippen LogP) is 3.10. The lowest BCUT2D eigenvalue weighted by atomic mass is 9.94. The van der Waals surface area contributed by atoms with Crippen molar-refractivity contribution in [1.82, 2.24) is 4.98 Å². The Bertz CT molecular complexity index is 368. The van der Waals surface area contributed by atoms with Crippen LogP contribution in [0.25, 0.3) is 0 Å². The molecule has 2 heterocycles. The van der Waals surface area contributed by atoms with Gasteiger partial charge < -0.3 is 10.1 Å². The van der Waals surface area contributed by atoms with Gasteiger partial charge in [0, 0.05) is 25.0 Å². The molecule has 1 fully saturated rings. The summed E-state index contributed by atoms with van der Waals surface area (Å²) >= 11 is 6.06. The first kappa shape index (κ1) is 11.7. The maximum Gasteiger partial charge on any atom is 0.0820 e. The third-order valence-corrected chi connectivity index (χ3v) is 3.13. The molecule has 0 aliphatic carbocycles. The highest BCUT2D eigenvalue weighted by Crippen LogP contribution is 2.28. The van der Waals surface area contributed by atoms with Gasteiger partial charge in [0.1, 0.15) is 0 Å². The second-order valence-corrected chi connectivity index (χ2v) is 5.20. The van der Waals surface area contributed by atoms with E-state index in [1.54, 1.807) is 12.4 Å². The van der Waals surface area contributed by atoms with Crippen LogP contribution >= 0.6 is 11.6 Å². The molecule has 1 unspecified atom stereocenters. The van der Waals surface area contributed by atoms with Gasteiger partial charge >= 0.3 is 0 Å². The maximum atomic E-state index is 6.06. The van der Waals surface area contributed by atoms with Crippen LogP contribution in [0.1, 0.15) is 26.7 Å². The van der Waals surface area contributed by atoms with Crippen molar-refractivity contribution >= 4 is 17.3 Å². The molecule has 1 aliphatic rings. The predicted molar refractivity (Wildman–Crippen MR) is 65.9 cm³/mol.